The third-order valence-corrected chi connectivity index (χ3v) is 4.47. The number of amides is 1. The first-order chi connectivity index (χ1) is 9.86. The first kappa shape index (κ1) is 15.8. The highest BCUT2D eigenvalue weighted by molar-refractivity contribution is 6.30. The summed E-state index contributed by atoms with van der Waals surface area (Å²) in [5, 5.41) is 12.5. The Kier molecular flexibility index (Phi) is 4.57. The van der Waals surface area contributed by atoms with Gasteiger partial charge >= 0.3 is 5.97 Å². The van der Waals surface area contributed by atoms with Crippen LogP contribution in [0.15, 0.2) is 24.3 Å². The molecule has 1 aliphatic rings. The lowest BCUT2D eigenvalue weighted by atomic mass is 9.63. The molecule has 5 heteroatoms. The predicted octanol–water partition coefficient (Wildman–Crippen LogP) is 2.99. The van der Waals surface area contributed by atoms with E-state index >= 15 is 0 Å². The highest BCUT2D eigenvalue weighted by atomic mass is 35.5. The van der Waals surface area contributed by atoms with Gasteiger partial charge in [-0.25, -0.2) is 4.79 Å². The molecule has 1 amide bonds. The highest BCUT2D eigenvalue weighted by Crippen LogP contribution is 2.44. The van der Waals surface area contributed by atoms with Crippen LogP contribution in [-0.4, -0.2) is 23.0 Å². The molecular formula is C16H20ClNO3. The molecule has 1 saturated carbocycles. The second-order valence-corrected chi connectivity index (χ2v) is 6.42. The van der Waals surface area contributed by atoms with E-state index in [1.807, 2.05) is 12.1 Å². The highest BCUT2D eigenvalue weighted by Gasteiger charge is 2.46. The molecule has 2 N–H and O–H groups in total. The summed E-state index contributed by atoms with van der Waals surface area (Å²) < 4.78 is 0. The molecule has 0 bridgehead atoms. The number of rotatable bonds is 5. The number of aliphatic carboxylic acids is 1. The zero-order valence-electron chi connectivity index (χ0n) is 12.2. The smallest absolute Gasteiger partial charge is 0.326 e. The van der Waals surface area contributed by atoms with Crippen molar-refractivity contribution >= 4 is 23.5 Å². The Balaban J connectivity index is 2.24. The lowest BCUT2D eigenvalue weighted by molar-refractivity contribution is -0.144. The van der Waals surface area contributed by atoms with Crippen LogP contribution in [0, 0.1) is 5.92 Å². The SMILES string of the molecule is CC(C)C(NC(=O)C1(c2cccc(Cl)c2)CCC1)C(=O)O. The minimum atomic E-state index is -1.00. The first-order valence-electron chi connectivity index (χ1n) is 7.16. The molecule has 0 aliphatic heterocycles. The van der Waals surface area contributed by atoms with Gasteiger partial charge in [0.25, 0.3) is 0 Å². The third-order valence-electron chi connectivity index (χ3n) is 4.24. The third kappa shape index (κ3) is 3.05. The van der Waals surface area contributed by atoms with Crippen molar-refractivity contribution < 1.29 is 14.7 Å². The number of nitrogens with one attached hydrogen (secondary N) is 1. The summed E-state index contributed by atoms with van der Waals surface area (Å²) in [5.74, 6) is -1.38. The van der Waals surface area contributed by atoms with Crippen LogP contribution in [0.4, 0.5) is 0 Å². The van der Waals surface area contributed by atoms with Crippen molar-refractivity contribution in [3.05, 3.63) is 34.9 Å². The minimum Gasteiger partial charge on any atom is -0.480 e. The van der Waals surface area contributed by atoms with E-state index in [0.717, 1.165) is 24.8 Å². The summed E-state index contributed by atoms with van der Waals surface area (Å²) >= 11 is 6.02. The van der Waals surface area contributed by atoms with Crippen molar-refractivity contribution in [3.8, 4) is 0 Å². The Labute approximate surface area is 129 Å². The Hall–Kier alpha value is -1.55. The molecule has 1 aromatic carbocycles. The molecule has 1 atom stereocenters. The fourth-order valence-corrected chi connectivity index (χ4v) is 2.95. The van der Waals surface area contributed by atoms with Crippen LogP contribution in [0.3, 0.4) is 0 Å². The number of carboxylic acids is 1. The zero-order chi connectivity index (χ0) is 15.6. The lowest BCUT2D eigenvalue weighted by Crippen LogP contribution is -2.55. The number of halogens is 1. The van der Waals surface area contributed by atoms with Crippen molar-refractivity contribution in [3.63, 3.8) is 0 Å². The summed E-state index contributed by atoms with van der Waals surface area (Å²) in [4.78, 5) is 23.9. The fraction of sp³-hybridized carbons (Fsp3) is 0.500. The Morgan fingerprint density at radius 1 is 1.33 bits per heavy atom. The molecule has 21 heavy (non-hydrogen) atoms. The van der Waals surface area contributed by atoms with Gasteiger partial charge in [0.15, 0.2) is 0 Å². The molecule has 114 valence electrons. The van der Waals surface area contributed by atoms with Gasteiger partial charge in [-0.05, 0) is 36.5 Å². The average molecular weight is 310 g/mol. The van der Waals surface area contributed by atoms with Gasteiger partial charge in [-0.15, -0.1) is 0 Å². The van der Waals surface area contributed by atoms with Crippen molar-refractivity contribution in [1.82, 2.24) is 5.32 Å². The maximum absolute atomic E-state index is 12.7. The van der Waals surface area contributed by atoms with Crippen LogP contribution in [0.25, 0.3) is 0 Å². The number of benzene rings is 1. The number of carboxylic acid groups (broad SMARTS) is 1. The summed E-state index contributed by atoms with van der Waals surface area (Å²) in [6, 6.07) is 6.40. The normalized spacial score (nSPS) is 17.9. The van der Waals surface area contributed by atoms with Gasteiger partial charge in [0, 0.05) is 5.02 Å². The van der Waals surface area contributed by atoms with Crippen molar-refractivity contribution in [2.24, 2.45) is 5.92 Å². The van der Waals surface area contributed by atoms with Crippen LogP contribution < -0.4 is 5.32 Å². The van der Waals surface area contributed by atoms with Crippen molar-refractivity contribution in [2.75, 3.05) is 0 Å². The Bertz CT molecular complexity index is 552. The molecule has 0 spiro atoms. The van der Waals surface area contributed by atoms with Gasteiger partial charge in [-0.3, -0.25) is 4.79 Å². The van der Waals surface area contributed by atoms with Crippen LogP contribution in [-0.2, 0) is 15.0 Å². The van der Waals surface area contributed by atoms with E-state index in [-0.39, 0.29) is 11.8 Å². The summed E-state index contributed by atoms with van der Waals surface area (Å²) in [5.41, 5.74) is 0.236. The maximum atomic E-state index is 12.7. The van der Waals surface area contributed by atoms with Gasteiger partial charge < -0.3 is 10.4 Å². The molecule has 0 saturated heterocycles. The molecule has 0 aromatic heterocycles. The molecule has 4 nitrogen and oxygen atoms in total. The quantitative estimate of drug-likeness (QED) is 0.878. The Morgan fingerprint density at radius 2 is 2.00 bits per heavy atom. The van der Waals surface area contributed by atoms with E-state index in [0.29, 0.717) is 5.02 Å². The van der Waals surface area contributed by atoms with E-state index < -0.39 is 17.4 Å². The van der Waals surface area contributed by atoms with Crippen LogP contribution in [0.5, 0.6) is 0 Å². The molecule has 0 heterocycles. The van der Waals surface area contributed by atoms with Crippen LogP contribution in [0.2, 0.25) is 5.02 Å². The van der Waals surface area contributed by atoms with Gasteiger partial charge in [-0.1, -0.05) is 44.0 Å². The number of carbonyl (C=O) groups is 2. The van der Waals surface area contributed by atoms with Gasteiger partial charge in [0.2, 0.25) is 5.91 Å². The van der Waals surface area contributed by atoms with Crippen molar-refractivity contribution in [1.29, 1.82) is 0 Å². The average Bonchev–Trinajstić information content (AvgIpc) is 2.34. The predicted molar refractivity (Wildman–Crippen MR) is 81.4 cm³/mol. The molecule has 1 aliphatic carbocycles. The van der Waals surface area contributed by atoms with Gasteiger partial charge in [-0.2, -0.15) is 0 Å². The molecular weight excluding hydrogens is 290 g/mol. The summed E-state index contributed by atoms with van der Waals surface area (Å²) in [6.45, 7) is 3.57. The number of carbonyl (C=O) groups excluding carboxylic acids is 1. The van der Waals surface area contributed by atoms with E-state index in [2.05, 4.69) is 5.32 Å². The molecule has 1 aromatic rings. The number of hydrogen-bond donors (Lipinski definition) is 2. The van der Waals surface area contributed by atoms with E-state index in [4.69, 9.17) is 11.6 Å². The molecule has 2 rings (SSSR count). The standard InChI is InChI=1S/C16H20ClNO3/c1-10(2)13(14(19)20)18-15(21)16(7-4-8-16)11-5-3-6-12(17)9-11/h3,5-6,9-10,13H,4,7-8H2,1-2H3,(H,18,21)(H,19,20). The maximum Gasteiger partial charge on any atom is 0.326 e. The van der Waals surface area contributed by atoms with E-state index in [9.17, 15) is 14.7 Å². The summed E-state index contributed by atoms with van der Waals surface area (Å²) in [6.07, 6.45) is 2.41. The first-order valence-corrected chi connectivity index (χ1v) is 7.54. The van der Waals surface area contributed by atoms with Crippen LogP contribution in [0.1, 0.15) is 38.7 Å². The van der Waals surface area contributed by atoms with Gasteiger partial charge in [0.1, 0.15) is 6.04 Å². The second kappa shape index (κ2) is 6.06. The largest absolute Gasteiger partial charge is 0.480 e. The van der Waals surface area contributed by atoms with Crippen LogP contribution >= 0.6 is 11.6 Å². The monoisotopic (exact) mass is 309 g/mol. The van der Waals surface area contributed by atoms with E-state index in [1.165, 1.54) is 0 Å². The Morgan fingerprint density at radius 3 is 2.43 bits per heavy atom. The molecule has 1 fully saturated rings. The fourth-order valence-electron chi connectivity index (χ4n) is 2.76. The summed E-state index contributed by atoms with van der Waals surface area (Å²) in [7, 11) is 0. The minimum absolute atomic E-state index is 0.164. The van der Waals surface area contributed by atoms with Gasteiger partial charge in [0.05, 0.1) is 5.41 Å². The second-order valence-electron chi connectivity index (χ2n) is 5.98. The zero-order valence-corrected chi connectivity index (χ0v) is 13.0. The molecule has 0 radical (unpaired) electrons. The topological polar surface area (TPSA) is 66.4 Å². The van der Waals surface area contributed by atoms with E-state index in [1.54, 1.807) is 26.0 Å². The lowest BCUT2D eigenvalue weighted by Gasteiger charge is -2.41. The van der Waals surface area contributed by atoms with Crippen molar-refractivity contribution in [2.45, 2.75) is 44.6 Å². The molecule has 1 unspecified atom stereocenters. The number of hydrogen-bond acceptors (Lipinski definition) is 2.